The second kappa shape index (κ2) is 9.45. The van der Waals surface area contributed by atoms with Gasteiger partial charge in [0.2, 0.25) is 5.91 Å². The lowest BCUT2D eigenvalue weighted by molar-refractivity contribution is -0.134. The van der Waals surface area contributed by atoms with Gasteiger partial charge in [-0.05, 0) is 12.8 Å². The zero-order chi connectivity index (χ0) is 21.8. The number of aromatic nitrogens is 3. The van der Waals surface area contributed by atoms with Crippen LogP contribution < -0.4 is 4.90 Å². The van der Waals surface area contributed by atoms with Crippen LogP contribution in [-0.4, -0.2) is 52.1 Å². The van der Waals surface area contributed by atoms with Crippen molar-refractivity contribution in [3.05, 3.63) is 36.2 Å². The van der Waals surface area contributed by atoms with Gasteiger partial charge in [0, 0.05) is 44.1 Å². The molecular weight excluding hydrogens is 390 g/mol. The summed E-state index contributed by atoms with van der Waals surface area (Å²) in [5, 5.41) is 5.22. The number of anilines is 1. The Hall–Kier alpha value is -2.96. The molecule has 3 heterocycles. The lowest BCUT2D eigenvalue weighted by Crippen LogP contribution is -2.37. The van der Waals surface area contributed by atoms with Crippen LogP contribution in [-0.2, 0) is 11.2 Å². The Morgan fingerprint density at radius 1 is 1.10 bits per heavy atom. The van der Waals surface area contributed by atoms with Crippen molar-refractivity contribution >= 4 is 22.8 Å². The van der Waals surface area contributed by atoms with Gasteiger partial charge in [-0.1, -0.05) is 62.7 Å². The maximum Gasteiger partial charge on any atom is 0.263 e. The summed E-state index contributed by atoms with van der Waals surface area (Å²) in [5.74, 6) is 1.89. The van der Waals surface area contributed by atoms with E-state index in [-0.39, 0.29) is 11.8 Å². The molecule has 0 spiro atoms. The van der Waals surface area contributed by atoms with Gasteiger partial charge in [0.25, 0.3) is 5.71 Å². The molecule has 0 saturated carbocycles. The van der Waals surface area contributed by atoms with Gasteiger partial charge in [0.05, 0.1) is 0 Å². The number of fused-ring (bicyclic) bond motifs is 1. The number of aryl methyl sites for hydroxylation is 1. The van der Waals surface area contributed by atoms with E-state index in [0.717, 1.165) is 73.6 Å². The van der Waals surface area contributed by atoms with Gasteiger partial charge in [-0.3, -0.25) is 4.79 Å². The first-order valence-electron chi connectivity index (χ1n) is 11.3. The van der Waals surface area contributed by atoms with E-state index in [1.165, 1.54) is 0 Å². The number of hydrogen-bond acceptors (Lipinski definition) is 6. The maximum absolute atomic E-state index is 12.5. The highest BCUT2D eigenvalue weighted by Crippen LogP contribution is 2.34. The number of rotatable bonds is 6. The van der Waals surface area contributed by atoms with E-state index in [1.54, 1.807) is 0 Å². The molecule has 1 amide bonds. The van der Waals surface area contributed by atoms with Crippen molar-refractivity contribution in [2.45, 2.75) is 46.5 Å². The lowest BCUT2D eigenvalue weighted by Gasteiger charge is -2.24. The van der Waals surface area contributed by atoms with Gasteiger partial charge in [-0.2, -0.15) is 4.98 Å². The van der Waals surface area contributed by atoms with Crippen LogP contribution in [0.5, 0.6) is 0 Å². The van der Waals surface area contributed by atoms with Gasteiger partial charge >= 0.3 is 0 Å². The third kappa shape index (κ3) is 4.55. The molecule has 0 N–H and O–H groups in total. The number of hydrogen-bond donors (Lipinski definition) is 0. The molecule has 1 fully saturated rings. The molecule has 1 aliphatic rings. The second-order valence-electron chi connectivity index (χ2n) is 8.46. The Morgan fingerprint density at radius 3 is 2.65 bits per heavy atom. The van der Waals surface area contributed by atoms with E-state index >= 15 is 0 Å². The zero-order valence-corrected chi connectivity index (χ0v) is 18.7. The van der Waals surface area contributed by atoms with E-state index in [2.05, 4.69) is 22.0 Å². The minimum absolute atomic E-state index is 0.0145. The van der Waals surface area contributed by atoms with Crippen molar-refractivity contribution in [1.82, 2.24) is 20.0 Å². The maximum atomic E-state index is 12.5. The summed E-state index contributed by atoms with van der Waals surface area (Å²) < 4.78 is 5.69. The van der Waals surface area contributed by atoms with Crippen LogP contribution in [0.4, 0.5) is 5.82 Å². The van der Waals surface area contributed by atoms with Crippen LogP contribution in [0.2, 0.25) is 0 Å². The summed E-state index contributed by atoms with van der Waals surface area (Å²) in [6, 6.07) is 10.0. The highest BCUT2D eigenvalue weighted by molar-refractivity contribution is 5.98. The second-order valence-corrected chi connectivity index (χ2v) is 8.46. The standard InChI is InChI=1S/C24H31N5O2/c1-4-5-12-19-25-22(28-13-9-14-29(16-15-28)24(30)17(2)3)20-21(27-31-23(20)26-19)18-10-7-6-8-11-18/h6-8,10-11,17H,4-5,9,12-16H2,1-3H3. The molecule has 7 heteroatoms. The third-order valence-corrected chi connectivity index (χ3v) is 5.77. The molecule has 164 valence electrons. The van der Waals surface area contributed by atoms with Crippen molar-refractivity contribution in [3.63, 3.8) is 0 Å². The van der Waals surface area contributed by atoms with Crippen LogP contribution >= 0.6 is 0 Å². The summed E-state index contributed by atoms with van der Waals surface area (Å²) >= 11 is 0. The summed E-state index contributed by atoms with van der Waals surface area (Å²) in [4.78, 5) is 26.4. The Balaban J connectivity index is 1.74. The molecule has 7 nitrogen and oxygen atoms in total. The summed E-state index contributed by atoms with van der Waals surface area (Å²) in [6.07, 6.45) is 3.83. The fourth-order valence-corrected chi connectivity index (χ4v) is 4.06. The Labute approximate surface area is 183 Å². The van der Waals surface area contributed by atoms with Crippen molar-refractivity contribution in [2.24, 2.45) is 5.92 Å². The monoisotopic (exact) mass is 421 g/mol. The molecule has 0 unspecified atom stereocenters. The molecular formula is C24H31N5O2. The smallest absolute Gasteiger partial charge is 0.263 e. The summed E-state index contributed by atoms with van der Waals surface area (Å²) in [7, 11) is 0. The van der Waals surface area contributed by atoms with Gasteiger partial charge in [-0.25, -0.2) is 4.98 Å². The molecule has 0 aliphatic carbocycles. The van der Waals surface area contributed by atoms with Gasteiger partial charge < -0.3 is 14.3 Å². The molecule has 0 bridgehead atoms. The largest absolute Gasteiger partial charge is 0.354 e. The van der Waals surface area contributed by atoms with Gasteiger partial charge in [0.1, 0.15) is 22.7 Å². The van der Waals surface area contributed by atoms with E-state index in [1.807, 2.05) is 49.1 Å². The third-order valence-electron chi connectivity index (χ3n) is 5.77. The minimum Gasteiger partial charge on any atom is -0.354 e. The number of nitrogens with zero attached hydrogens (tertiary/aromatic N) is 5. The number of amides is 1. The van der Waals surface area contributed by atoms with Crippen molar-refractivity contribution in [2.75, 3.05) is 31.1 Å². The first-order chi connectivity index (χ1) is 15.1. The average Bonchev–Trinajstić information content (AvgIpc) is 3.06. The molecule has 0 radical (unpaired) electrons. The van der Waals surface area contributed by atoms with E-state index in [0.29, 0.717) is 12.3 Å². The van der Waals surface area contributed by atoms with Crippen molar-refractivity contribution in [3.8, 4) is 11.3 Å². The zero-order valence-electron chi connectivity index (χ0n) is 18.7. The molecule has 2 aromatic heterocycles. The Bertz CT molecular complexity index is 1030. The topological polar surface area (TPSA) is 75.4 Å². The van der Waals surface area contributed by atoms with Crippen LogP contribution in [0.25, 0.3) is 22.4 Å². The fourth-order valence-electron chi connectivity index (χ4n) is 4.06. The normalized spacial score (nSPS) is 15.0. The molecule has 3 aromatic rings. The Morgan fingerprint density at radius 2 is 1.90 bits per heavy atom. The van der Waals surface area contributed by atoms with Crippen molar-refractivity contribution in [1.29, 1.82) is 0 Å². The molecule has 0 atom stereocenters. The van der Waals surface area contributed by atoms with E-state index in [4.69, 9.17) is 9.51 Å². The minimum atomic E-state index is 0.0145. The quantitative estimate of drug-likeness (QED) is 0.590. The van der Waals surface area contributed by atoms with E-state index in [9.17, 15) is 4.79 Å². The summed E-state index contributed by atoms with van der Waals surface area (Å²) in [6.45, 7) is 9.12. The predicted molar refractivity (Wildman–Crippen MR) is 122 cm³/mol. The Kier molecular flexibility index (Phi) is 6.49. The van der Waals surface area contributed by atoms with E-state index < -0.39 is 0 Å². The highest BCUT2D eigenvalue weighted by atomic mass is 16.5. The molecule has 1 aliphatic heterocycles. The van der Waals surface area contributed by atoms with Crippen LogP contribution in [0.15, 0.2) is 34.9 Å². The van der Waals surface area contributed by atoms with Crippen LogP contribution in [0.3, 0.4) is 0 Å². The van der Waals surface area contributed by atoms with Gasteiger partial charge in [0.15, 0.2) is 0 Å². The molecule has 1 saturated heterocycles. The van der Waals surface area contributed by atoms with Crippen LogP contribution in [0.1, 0.15) is 45.9 Å². The summed E-state index contributed by atoms with van der Waals surface area (Å²) in [5.41, 5.74) is 2.29. The average molecular weight is 422 g/mol. The van der Waals surface area contributed by atoms with Crippen molar-refractivity contribution < 1.29 is 9.32 Å². The fraction of sp³-hybridized carbons (Fsp3) is 0.500. The number of unbranched alkanes of at least 4 members (excludes halogenated alkanes) is 1. The highest BCUT2D eigenvalue weighted by Gasteiger charge is 2.26. The molecule has 31 heavy (non-hydrogen) atoms. The predicted octanol–water partition coefficient (Wildman–Crippen LogP) is 4.32. The number of carbonyl (C=O) groups is 1. The molecule has 1 aromatic carbocycles. The number of benzene rings is 1. The molecule has 4 rings (SSSR count). The SMILES string of the molecule is CCCCc1nc(N2CCCN(C(=O)C(C)C)CC2)c2c(-c3ccccc3)noc2n1. The number of carbonyl (C=O) groups excluding carboxylic acids is 1. The lowest BCUT2D eigenvalue weighted by atomic mass is 10.1. The van der Waals surface area contributed by atoms with Crippen LogP contribution in [0, 0.1) is 5.92 Å². The first-order valence-corrected chi connectivity index (χ1v) is 11.3. The van der Waals surface area contributed by atoms with Gasteiger partial charge in [-0.15, -0.1) is 0 Å². The first kappa shape index (κ1) is 21.3.